The molecule has 6 nitrogen and oxygen atoms in total. The molecule has 0 fully saturated rings. The van der Waals surface area contributed by atoms with Gasteiger partial charge in [0.2, 0.25) is 0 Å². The lowest BCUT2D eigenvalue weighted by molar-refractivity contribution is -0.110. The van der Waals surface area contributed by atoms with Crippen LogP contribution in [0.4, 0.5) is 10.1 Å². The Balaban J connectivity index is 1.85. The van der Waals surface area contributed by atoms with Crippen molar-refractivity contribution in [1.82, 2.24) is 10.3 Å². The van der Waals surface area contributed by atoms with E-state index in [9.17, 15) is 9.18 Å². The quantitative estimate of drug-likeness (QED) is 0.671. The zero-order chi connectivity index (χ0) is 20.5. The normalized spacial score (nSPS) is 19.2. The Morgan fingerprint density at radius 3 is 2.83 bits per heavy atom. The fourth-order valence-electron chi connectivity index (χ4n) is 3.59. The number of carbonyl (C=O) groups is 1. The first-order valence-corrected chi connectivity index (χ1v) is 9.43. The van der Waals surface area contributed by atoms with E-state index in [0.717, 1.165) is 12.2 Å². The number of anilines is 1. The molecular formula is C22H22FN3O3. The summed E-state index contributed by atoms with van der Waals surface area (Å²) in [6, 6.07) is 4.66. The Kier molecular flexibility index (Phi) is 4.88. The van der Waals surface area contributed by atoms with Crippen LogP contribution in [0.5, 0.6) is 5.75 Å². The predicted octanol–water partition coefficient (Wildman–Crippen LogP) is 3.91. The molecule has 0 spiro atoms. The van der Waals surface area contributed by atoms with E-state index in [4.69, 9.17) is 9.47 Å². The van der Waals surface area contributed by atoms with Gasteiger partial charge in [-0.3, -0.25) is 4.79 Å². The number of ether oxygens (including phenoxy) is 2. The molecule has 0 aliphatic carbocycles. The number of fused-ring (bicyclic) bond motifs is 1. The number of methoxy groups -OCH3 is 1. The maximum absolute atomic E-state index is 15.0. The smallest absolute Gasteiger partial charge is 0.256 e. The number of hydrogen-bond donors (Lipinski definition) is 3. The number of halogens is 1. The van der Waals surface area contributed by atoms with Gasteiger partial charge in [-0.1, -0.05) is 0 Å². The number of benzene rings is 1. The third-order valence-corrected chi connectivity index (χ3v) is 4.95. The molecule has 1 aromatic carbocycles. The number of rotatable bonds is 5. The summed E-state index contributed by atoms with van der Waals surface area (Å²) in [6.07, 6.45) is 6.73. The van der Waals surface area contributed by atoms with E-state index in [1.807, 2.05) is 19.9 Å². The lowest BCUT2D eigenvalue weighted by Crippen LogP contribution is -2.26. The van der Waals surface area contributed by atoms with Crippen LogP contribution in [-0.4, -0.2) is 30.6 Å². The number of aromatic amines is 1. The molecule has 29 heavy (non-hydrogen) atoms. The largest absolute Gasteiger partial charge is 0.495 e. The number of H-pyrrole nitrogens is 1. The molecule has 1 amide bonds. The molecule has 0 saturated carbocycles. The molecule has 7 heteroatoms. The maximum Gasteiger partial charge on any atom is 0.256 e. The van der Waals surface area contributed by atoms with Gasteiger partial charge in [0, 0.05) is 18.3 Å². The van der Waals surface area contributed by atoms with Crippen LogP contribution in [0, 0.1) is 5.82 Å². The molecule has 1 aromatic heterocycles. The van der Waals surface area contributed by atoms with E-state index >= 15 is 0 Å². The maximum atomic E-state index is 15.0. The van der Waals surface area contributed by atoms with Crippen LogP contribution in [0.3, 0.4) is 0 Å². The van der Waals surface area contributed by atoms with Crippen LogP contribution in [-0.2, 0) is 9.53 Å². The molecule has 1 atom stereocenters. The van der Waals surface area contributed by atoms with Crippen molar-refractivity contribution in [3.63, 3.8) is 0 Å². The number of amides is 1. The van der Waals surface area contributed by atoms with Crippen molar-refractivity contribution in [2.45, 2.75) is 20.0 Å². The fourth-order valence-corrected chi connectivity index (χ4v) is 3.59. The number of carbonyl (C=O) groups excluding carboxylic acids is 1. The van der Waals surface area contributed by atoms with Gasteiger partial charge in [0.05, 0.1) is 35.3 Å². The molecule has 2 aromatic rings. The lowest BCUT2D eigenvalue weighted by atomic mass is 9.96. The summed E-state index contributed by atoms with van der Waals surface area (Å²) in [6.45, 7) is 4.66. The van der Waals surface area contributed by atoms with E-state index in [2.05, 4.69) is 15.6 Å². The third kappa shape index (κ3) is 3.29. The highest BCUT2D eigenvalue weighted by molar-refractivity contribution is 6.35. The Bertz CT molecular complexity index is 1070. The molecule has 0 bridgehead atoms. The second kappa shape index (κ2) is 7.50. The minimum Gasteiger partial charge on any atom is -0.495 e. The van der Waals surface area contributed by atoms with Crippen molar-refractivity contribution in [2.75, 3.05) is 19.0 Å². The highest BCUT2D eigenvalue weighted by Gasteiger charge is 2.32. The highest BCUT2D eigenvalue weighted by Crippen LogP contribution is 2.41. The van der Waals surface area contributed by atoms with Gasteiger partial charge in [-0.25, -0.2) is 4.39 Å². The van der Waals surface area contributed by atoms with Gasteiger partial charge in [-0.05, 0) is 50.3 Å². The van der Waals surface area contributed by atoms with Crippen molar-refractivity contribution in [3.8, 4) is 5.75 Å². The summed E-state index contributed by atoms with van der Waals surface area (Å²) >= 11 is 0. The molecule has 0 saturated heterocycles. The molecule has 4 rings (SSSR count). The Labute approximate surface area is 168 Å². The Morgan fingerprint density at radius 1 is 1.28 bits per heavy atom. The number of hydrogen-bond acceptors (Lipinski definition) is 4. The van der Waals surface area contributed by atoms with Crippen molar-refractivity contribution in [1.29, 1.82) is 0 Å². The van der Waals surface area contributed by atoms with Crippen molar-refractivity contribution in [3.05, 3.63) is 64.9 Å². The summed E-state index contributed by atoms with van der Waals surface area (Å²) in [5.74, 6) is 0.214. The molecular weight excluding hydrogens is 373 g/mol. The Hall–Kier alpha value is -3.48. The van der Waals surface area contributed by atoms with Gasteiger partial charge in [0.1, 0.15) is 23.4 Å². The van der Waals surface area contributed by atoms with Crippen LogP contribution in [0.2, 0.25) is 0 Å². The summed E-state index contributed by atoms with van der Waals surface area (Å²) in [5.41, 5.74) is 3.17. The van der Waals surface area contributed by atoms with Crippen LogP contribution in [0.15, 0.2) is 42.2 Å². The second-order valence-corrected chi connectivity index (χ2v) is 6.76. The first kappa shape index (κ1) is 18.9. The SMILES string of the molecule is CCNC1=CC=C(c2c(F)ccc3c2/C(=C/c2[nH]ccc2OC)C(=O)N3)O[C@@H]1C. The molecule has 0 radical (unpaired) electrons. The number of allylic oxidation sites excluding steroid dienone is 2. The van der Waals surface area contributed by atoms with Crippen LogP contribution in [0.1, 0.15) is 30.7 Å². The first-order chi connectivity index (χ1) is 14.0. The van der Waals surface area contributed by atoms with Crippen LogP contribution < -0.4 is 15.4 Å². The fraction of sp³-hybridized carbons (Fsp3) is 0.227. The minimum absolute atomic E-state index is 0.258. The van der Waals surface area contributed by atoms with Gasteiger partial charge in [0.15, 0.2) is 0 Å². The van der Waals surface area contributed by atoms with E-state index in [1.165, 1.54) is 6.07 Å². The minimum atomic E-state index is -0.455. The Morgan fingerprint density at radius 2 is 2.10 bits per heavy atom. The lowest BCUT2D eigenvalue weighted by Gasteiger charge is -2.25. The van der Waals surface area contributed by atoms with Gasteiger partial charge in [-0.15, -0.1) is 0 Å². The van der Waals surface area contributed by atoms with Crippen molar-refractivity contribution >= 4 is 29.0 Å². The predicted molar refractivity (Wildman–Crippen MR) is 111 cm³/mol. The molecule has 3 heterocycles. The zero-order valence-electron chi connectivity index (χ0n) is 16.4. The summed E-state index contributed by atoms with van der Waals surface area (Å²) in [7, 11) is 1.55. The molecule has 3 N–H and O–H groups in total. The summed E-state index contributed by atoms with van der Waals surface area (Å²) in [5, 5.41) is 6.04. The van der Waals surface area contributed by atoms with Gasteiger partial charge in [-0.2, -0.15) is 0 Å². The molecule has 150 valence electrons. The number of nitrogens with one attached hydrogen (secondary N) is 3. The molecule has 0 unspecified atom stereocenters. The zero-order valence-corrected chi connectivity index (χ0v) is 16.4. The van der Waals surface area contributed by atoms with E-state index in [-0.39, 0.29) is 17.6 Å². The molecule has 2 aliphatic heterocycles. The van der Waals surface area contributed by atoms with Gasteiger partial charge in [0.25, 0.3) is 5.91 Å². The molecule has 2 aliphatic rings. The van der Waals surface area contributed by atoms with E-state index < -0.39 is 5.82 Å². The van der Waals surface area contributed by atoms with Crippen molar-refractivity contribution in [2.24, 2.45) is 0 Å². The van der Waals surface area contributed by atoms with Gasteiger partial charge >= 0.3 is 0 Å². The van der Waals surface area contributed by atoms with Crippen molar-refractivity contribution < 1.29 is 18.7 Å². The van der Waals surface area contributed by atoms with Crippen LogP contribution >= 0.6 is 0 Å². The standard InChI is InChI=1S/C22H22FN3O3/c1-4-24-15-7-8-19(29-12(15)2)21-14(23)5-6-16-20(21)13(22(27)26-16)11-17-18(28-3)9-10-25-17/h5-12,24-25H,4H2,1-3H3,(H,26,27)/b13-11-/t12-/m1/s1. The summed E-state index contributed by atoms with van der Waals surface area (Å²) in [4.78, 5) is 15.7. The summed E-state index contributed by atoms with van der Waals surface area (Å²) < 4.78 is 26.3. The topological polar surface area (TPSA) is 75.4 Å². The third-order valence-electron chi connectivity index (χ3n) is 4.95. The average Bonchev–Trinajstić information content (AvgIpc) is 3.28. The number of likely N-dealkylation sites (N-methyl/N-ethyl adjacent to an activating group) is 1. The second-order valence-electron chi connectivity index (χ2n) is 6.76. The number of aromatic nitrogens is 1. The highest BCUT2D eigenvalue weighted by atomic mass is 19.1. The monoisotopic (exact) mass is 395 g/mol. The van der Waals surface area contributed by atoms with E-state index in [0.29, 0.717) is 34.0 Å². The van der Waals surface area contributed by atoms with Crippen LogP contribution in [0.25, 0.3) is 17.4 Å². The first-order valence-electron chi connectivity index (χ1n) is 9.43. The van der Waals surface area contributed by atoms with E-state index in [1.54, 1.807) is 37.6 Å². The van der Waals surface area contributed by atoms with Gasteiger partial charge < -0.3 is 25.1 Å². The average molecular weight is 395 g/mol.